The number of anilines is 1. The zero-order valence-electron chi connectivity index (χ0n) is 18.6. The van der Waals surface area contributed by atoms with Gasteiger partial charge in [-0.25, -0.2) is 24.1 Å². The third-order valence-electron chi connectivity index (χ3n) is 5.09. The van der Waals surface area contributed by atoms with Crippen LogP contribution in [0.2, 0.25) is 0 Å². The van der Waals surface area contributed by atoms with Crippen molar-refractivity contribution in [2.24, 2.45) is 0 Å². The number of hydrogen-bond acceptors (Lipinski definition) is 7. The highest BCUT2D eigenvalue weighted by molar-refractivity contribution is 5.68. The molecule has 0 unspecified atom stereocenters. The van der Waals surface area contributed by atoms with Gasteiger partial charge in [-0.15, -0.1) is 0 Å². The molecule has 4 heterocycles. The summed E-state index contributed by atoms with van der Waals surface area (Å²) in [6, 6.07) is 2.91. The zero-order valence-corrected chi connectivity index (χ0v) is 18.6. The number of pyridine rings is 1. The van der Waals surface area contributed by atoms with Crippen molar-refractivity contribution >= 4 is 17.6 Å². The Balaban J connectivity index is 1.57. The molecule has 0 spiro atoms. The van der Waals surface area contributed by atoms with Crippen molar-refractivity contribution in [3.63, 3.8) is 0 Å². The molecule has 0 aromatic carbocycles. The van der Waals surface area contributed by atoms with Crippen LogP contribution in [0.1, 0.15) is 33.6 Å². The van der Waals surface area contributed by atoms with E-state index >= 15 is 0 Å². The van der Waals surface area contributed by atoms with Crippen LogP contribution in [0, 0.1) is 5.82 Å². The van der Waals surface area contributed by atoms with E-state index in [0.29, 0.717) is 41.8 Å². The first-order chi connectivity index (χ1) is 15.2. The van der Waals surface area contributed by atoms with E-state index in [1.54, 1.807) is 34.9 Å². The van der Waals surface area contributed by atoms with Gasteiger partial charge in [-0.05, 0) is 45.7 Å². The number of aromatic nitrogens is 4. The molecule has 0 radical (unpaired) electrons. The van der Waals surface area contributed by atoms with Gasteiger partial charge in [0.1, 0.15) is 22.8 Å². The zero-order chi connectivity index (χ0) is 22.9. The lowest BCUT2D eigenvalue weighted by molar-refractivity contribution is 0.0206. The monoisotopic (exact) mass is 442 g/mol. The first-order valence-corrected chi connectivity index (χ1v) is 10.5. The maximum atomic E-state index is 13.8. The van der Waals surface area contributed by atoms with Gasteiger partial charge < -0.3 is 19.7 Å². The summed E-state index contributed by atoms with van der Waals surface area (Å²) in [4.78, 5) is 27.5. The van der Waals surface area contributed by atoms with Crippen molar-refractivity contribution in [2.75, 3.05) is 25.5 Å². The summed E-state index contributed by atoms with van der Waals surface area (Å²) >= 11 is 0. The van der Waals surface area contributed by atoms with Crippen molar-refractivity contribution in [3.8, 4) is 17.3 Å². The lowest BCUT2D eigenvalue weighted by Crippen LogP contribution is -2.47. The Morgan fingerprint density at radius 1 is 1.25 bits per heavy atom. The van der Waals surface area contributed by atoms with Crippen LogP contribution >= 0.6 is 0 Å². The van der Waals surface area contributed by atoms with Crippen molar-refractivity contribution in [1.29, 1.82) is 0 Å². The third-order valence-corrected chi connectivity index (χ3v) is 5.09. The van der Waals surface area contributed by atoms with Crippen LogP contribution in [0.3, 0.4) is 0 Å². The fourth-order valence-corrected chi connectivity index (χ4v) is 3.65. The minimum atomic E-state index is -0.546. The number of nitrogens with one attached hydrogen (secondary N) is 1. The number of piperidine rings is 1. The molecule has 1 aliphatic rings. The molecule has 0 aliphatic carbocycles. The number of nitrogens with zero attached hydrogens (tertiary/aromatic N) is 5. The normalized spacial score (nSPS) is 16.8. The van der Waals surface area contributed by atoms with Gasteiger partial charge in [0.05, 0.1) is 19.5 Å². The fourth-order valence-electron chi connectivity index (χ4n) is 3.65. The van der Waals surface area contributed by atoms with E-state index in [-0.39, 0.29) is 18.0 Å². The Morgan fingerprint density at radius 2 is 2.06 bits per heavy atom. The Labute approximate surface area is 185 Å². The molecule has 1 fully saturated rings. The van der Waals surface area contributed by atoms with Gasteiger partial charge in [-0.1, -0.05) is 0 Å². The second-order valence-electron chi connectivity index (χ2n) is 8.74. The van der Waals surface area contributed by atoms with E-state index in [2.05, 4.69) is 20.3 Å². The highest BCUT2D eigenvalue weighted by Gasteiger charge is 2.28. The quantitative estimate of drug-likeness (QED) is 0.658. The van der Waals surface area contributed by atoms with Gasteiger partial charge in [0.2, 0.25) is 0 Å². The number of rotatable bonds is 4. The Morgan fingerprint density at radius 3 is 2.81 bits per heavy atom. The van der Waals surface area contributed by atoms with Gasteiger partial charge in [-0.2, -0.15) is 0 Å². The van der Waals surface area contributed by atoms with Gasteiger partial charge in [-0.3, -0.25) is 4.40 Å². The predicted octanol–water partition coefficient (Wildman–Crippen LogP) is 3.75. The molecule has 1 N–H and O–H groups in total. The Kier molecular flexibility index (Phi) is 5.86. The molecule has 3 aromatic rings. The van der Waals surface area contributed by atoms with Gasteiger partial charge in [0.25, 0.3) is 0 Å². The first kappa shape index (κ1) is 21.8. The lowest BCUT2D eigenvalue weighted by atomic mass is 10.1. The van der Waals surface area contributed by atoms with Crippen LogP contribution in [-0.4, -0.2) is 62.2 Å². The highest BCUT2D eigenvalue weighted by atomic mass is 19.1. The van der Waals surface area contributed by atoms with Crippen molar-refractivity contribution in [2.45, 2.75) is 45.3 Å². The largest absolute Gasteiger partial charge is 0.491 e. The molecule has 170 valence electrons. The molecule has 9 nitrogen and oxygen atoms in total. The number of ether oxygens (including phenoxy) is 2. The summed E-state index contributed by atoms with van der Waals surface area (Å²) < 4.78 is 26.3. The standard InChI is InChI=1S/C22H27FN6O3/c1-22(2,3)32-21(30)28-9-5-6-15(13-28)26-20-17(31-4)11-25-19(27-20)16-10-24-18-8-7-14(23)12-29(16)18/h7-8,10-12,15H,5-6,9,13H2,1-4H3,(H,25,26,27)/t15-/m1/s1. The number of fused-ring (bicyclic) bond motifs is 1. The van der Waals surface area contributed by atoms with E-state index in [9.17, 15) is 9.18 Å². The molecule has 1 aliphatic heterocycles. The summed E-state index contributed by atoms with van der Waals surface area (Å²) in [5.74, 6) is 0.974. The highest BCUT2D eigenvalue weighted by Crippen LogP contribution is 2.27. The first-order valence-electron chi connectivity index (χ1n) is 10.5. The van der Waals surface area contributed by atoms with Crippen LogP contribution in [0.5, 0.6) is 5.75 Å². The number of halogens is 1. The molecular weight excluding hydrogens is 415 g/mol. The van der Waals surface area contributed by atoms with Crippen molar-refractivity contribution in [1.82, 2.24) is 24.3 Å². The van der Waals surface area contributed by atoms with E-state index < -0.39 is 5.60 Å². The minimum Gasteiger partial charge on any atom is -0.491 e. The maximum Gasteiger partial charge on any atom is 0.410 e. The molecular formula is C22H27FN6O3. The van der Waals surface area contributed by atoms with Crippen LogP contribution in [0.25, 0.3) is 17.2 Å². The van der Waals surface area contributed by atoms with Crippen LogP contribution in [0.4, 0.5) is 15.0 Å². The average molecular weight is 442 g/mol. The topological polar surface area (TPSA) is 93.9 Å². The lowest BCUT2D eigenvalue weighted by Gasteiger charge is -2.34. The van der Waals surface area contributed by atoms with E-state index in [1.807, 2.05) is 20.8 Å². The van der Waals surface area contributed by atoms with E-state index in [0.717, 1.165) is 12.8 Å². The number of carbonyl (C=O) groups is 1. The minimum absolute atomic E-state index is 0.0347. The third kappa shape index (κ3) is 4.74. The molecule has 3 aromatic heterocycles. The molecule has 0 bridgehead atoms. The smallest absolute Gasteiger partial charge is 0.410 e. The Hall–Kier alpha value is -3.43. The maximum absolute atomic E-state index is 13.8. The summed E-state index contributed by atoms with van der Waals surface area (Å²) in [5, 5.41) is 3.38. The fraction of sp³-hybridized carbons (Fsp3) is 0.455. The van der Waals surface area contributed by atoms with Crippen molar-refractivity contribution in [3.05, 3.63) is 36.5 Å². The summed E-state index contributed by atoms with van der Waals surface area (Å²) in [6.45, 7) is 6.68. The summed E-state index contributed by atoms with van der Waals surface area (Å²) in [6.07, 6.45) is 5.89. The van der Waals surface area contributed by atoms with Crippen molar-refractivity contribution < 1.29 is 18.7 Å². The van der Waals surface area contributed by atoms with E-state index in [4.69, 9.17) is 9.47 Å². The van der Waals surface area contributed by atoms with Crippen LogP contribution < -0.4 is 10.1 Å². The molecule has 32 heavy (non-hydrogen) atoms. The predicted molar refractivity (Wildman–Crippen MR) is 117 cm³/mol. The second-order valence-corrected chi connectivity index (χ2v) is 8.74. The van der Waals surface area contributed by atoms with Crippen LogP contribution in [-0.2, 0) is 4.74 Å². The molecule has 4 rings (SSSR count). The number of carbonyl (C=O) groups excluding carboxylic acids is 1. The second kappa shape index (κ2) is 8.60. The number of likely N-dealkylation sites (tertiary alicyclic amines) is 1. The average Bonchev–Trinajstić information content (AvgIpc) is 3.15. The molecule has 1 amide bonds. The molecule has 1 atom stereocenters. The van der Waals surface area contributed by atoms with E-state index in [1.165, 1.54) is 12.3 Å². The summed E-state index contributed by atoms with van der Waals surface area (Å²) in [7, 11) is 1.54. The van der Waals surface area contributed by atoms with Gasteiger partial charge in [0.15, 0.2) is 17.4 Å². The van der Waals surface area contributed by atoms with Gasteiger partial charge in [0, 0.05) is 25.3 Å². The number of methoxy groups -OCH3 is 1. The molecule has 0 saturated carbocycles. The SMILES string of the molecule is COc1cnc(-c2cnc3ccc(F)cn23)nc1N[C@@H]1CCCN(C(=O)OC(C)(C)C)C1. The number of amides is 1. The number of imidazole rings is 1. The molecule has 1 saturated heterocycles. The van der Waals surface area contributed by atoms with Crippen LogP contribution in [0.15, 0.2) is 30.7 Å². The number of hydrogen-bond donors (Lipinski definition) is 1. The molecule has 10 heteroatoms. The summed E-state index contributed by atoms with van der Waals surface area (Å²) in [5.41, 5.74) is 0.607. The Bertz CT molecular complexity index is 1130. The van der Waals surface area contributed by atoms with Gasteiger partial charge >= 0.3 is 6.09 Å².